The molecular formula is C11H12N4O2. The van der Waals surface area contributed by atoms with Crippen LogP contribution in [0.4, 0.5) is 11.4 Å². The van der Waals surface area contributed by atoms with Crippen LogP contribution in [0.3, 0.4) is 0 Å². The van der Waals surface area contributed by atoms with Gasteiger partial charge in [0.25, 0.3) is 5.91 Å². The molecule has 1 aromatic carbocycles. The van der Waals surface area contributed by atoms with Gasteiger partial charge < -0.3 is 16.2 Å². The number of carbonyl (C=O) groups excluding carboxylic acids is 1. The number of amides is 1. The minimum absolute atomic E-state index is 0.0778. The Bertz CT molecular complexity index is 562. The van der Waals surface area contributed by atoms with E-state index >= 15 is 0 Å². The number of benzene rings is 1. The van der Waals surface area contributed by atoms with Crippen LogP contribution in [0.5, 0.6) is 5.75 Å². The second-order valence-electron chi connectivity index (χ2n) is 3.62. The van der Waals surface area contributed by atoms with E-state index in [4.69, 9.17) is 5.73 Å². The van der Waals surface area contributed by atoms with Crippen molar-refractivity contribution in [3.63, 3.8) is 0 Å². The molecule has 0 aliphatic carbocycles. The summed E-state index contributed by atoms with van der Waals surface area (Å²) in [5, 5.41) is 18.3. The SMILES string of the molecule is Cc1[nH]nc(C(=O)Nc2cccc(O)c2)c1N. The third-order valence-electron chi connectivity index (χ3n) is 2.31. The van der Waals surface area contributed by atoms with E-state index in [1.807, 2.05) is 0 Å². The van der Waals surface area contributed by atoms with Gasteiger partial charge in [0, 0.05) is 11.8 Å². The number of carbonyl (C=O) groups is 1. The van der Waals surface area contributed by atoms with Crippen molar-refractivity contribution in [1.82, 2.24) is 10.2 Å². The number of hydrogen-bond acceptors (Lipinski definition) is 4. The number of anilines is 2. The highest BCUT2D eigenvalue weighted by atomic mass is 16.3. The fourth-order valence-electron chi connectivity index (χ4n) is 1.38. The lowest BCUT2D eigenvalue weighted by atomic mass is 10.2. The Morgan fingerprint density at radius 1 is 1.53 bits per heavy atom. The van der Waals surface area contributed by atoms with Crippen LogP contribution in [0.25, 0.3) is 0 Å². The van der Waals surface area contributed by atoms with Gasteiger partial charge in [0.1, 0.15) is 5.75 Å². The van der Waals surface area contributed by atoms with Crippen molar-refractivity contribution in [1.29, 1.82) is 0 Å². The van der Waals surface area contributed by atoms with E-state index in [2.05, 4.69) is 15.5 Å². The van der Waals surface area contributed by atoms with Crippen molar-refractivity contribution in [3.05, 3.63) is 35.7 Å². The quantitative estimate of drug-likeness (QED) is 0.625. The van der Waals surface area contributed by atoms with Gasteiger partial charge in [0.05, 0.1) is 11.4 Å². The summed E-state index contributed by atoms with van der Waals surface area (Å²) in [6.45, 7) is 1.73. The Morgan fingerprint density at radius 3 is 2.88 bits per heavy atom. The van der Waals surface area contributed by atoms with Crippen LogP contribution < -0.4 is 11.1 Å². The first kappa shape index (κ1) is 11.0. The topological polar surface area (TPSA) is 104 Å². The zero-order valence-corrected chi connectivity index (χ0v) is 9.19. The van der Waals surface area contributed by atoms with E-state index < -0.39 is 5.91 Å². The number of aromatic hydroxyl groups is 1. The third-order valence-corrected chi connectivity index (χ3v) is 2.31. The highest BCUT2D eigenvalue weighted by molar-refractivity contribution is 6.06. The molecule has 5 N–H and O–H groups in total. The molecule has 0 saturated heterocycles. The fraction of sp³-hybridized carbons (Fsp3) is 0.0909. The molecule has 0 saturated carbocycles. The van der Waals surface area contributed by atoms with Crippen LogP contribution in [0.15, 0.2) is 24.3 Å². The second-order valence-corrected chi connectivity index (χ2v) is 3.62. The summed E-state index contributed by atoms with van der Waals surface area (Å²) in [6, 6.07) is 6.24. The lowest BCUT2D eigenvalue weighted by Gasteiger charge is -2.03. The number of H-pyrrole nitrogens is 1. The Labute approximate surface area is 97.5 Å². The third kappa shape index (κ3) is 2.20. The van der Waals surface area contributed by atoms with E-state index in [1.165, 1.54) is 12.1 Å². The number of aromatic nitrogens is 2. The largest absolute Gasteiger partial charge is 0.508 e. The van der Waals surface area contributed by atoms with Crippen LogP contribution in [-0.4, -0.2) is 21.2 Å². The Morgan fingerprint density at radius 2 is 2.29 bits per heavy atom. The first-order valence-electron chi connectivity index (χ1n) is 4.98. The van der Waals surface area contributed by atoms with Crippen molar-refractivity contribution >= 4 is 17.3 Å². The number of nitrogen functional groups attached to an aromatic ring is 1. The van der Waals surface area contributed by atoms with Crippen molar-refractivity contribution in [2.24, 2.45) is 0 Å². The lowest BCUT2D eigenvalue weighted by molar-refractivity contribution is 0.102. The molecule has 6 nitrogen and oxygen atoms in total. The molecule has 17 heavy (non-hydrogen) atoms. The maximum Gasteiger partial charge on any atom is 0.278 e. The maximum absolute atomic E-state index is 11.8. The molecule has 1 amide bonds. The molecule has 0 bridgehead atoms. The Hall–Kier alpha value is -2.50. The van der Waals surface area contributed by atoms with Gasteiger partial charge in [-0.1, -0.05) is 6.07 Å². The normalized spacial score (nSPS) is 10.2. The zero-order chi connectivity index (χ0) is 12.4. The molecule has 0 aliphatic heterocycles. The van der Waals surface area contributed by atoms with E-state index in [9.17, 15) is 9.90 Å². The van der Waals surface area contributed by atoms with Gasteiger partial charge >= 0.3 is 0 Å². The monoisotopic (exact) mass is 232 g/mol. The maximum atomic E-state index is 11.8. The average molecular weight is 232 g/mol. The number of aromatic amines is 1. The summed E-state index contributed by atoms with van der Waals surface area (Å²) in [5.41, 5.74) is 7.28. The molecule has 0 fully saturated rings. The molecule has 0 unspecified atom stereocenters. The van der Waals surface area contributed by atoms with Crippen molar-refractivity contribution in [3.8, 4) is 5.75 Å². The summed E-state index contributed by atoms with van der Waals surface area (Å²) in [5.74, 6) is -0.341. The highest BCUT2D eigenvalue weighted by Gasteiger charge is 2.15. The molecule has 0 atom stereocenters. The van der Waals surface area contributed by atoms with Gasteiger partial charge in [0.2, 0.25) is 0 Å². The molecule has 2 aromatic rings. The van der Waals surface area contributed by atoms with Gasteiger partial charge in [-0.05, 0) is 19.1 Å². The van der Waals surface area contributed by atoms with Gasteiger partial charge in [-0.15, -0.1) is 0 Å². The minimum atomic E-state index is -0.419. The second kappa shape index (κ2) is 4.17. The van der Waals surface area contributed by atoms with E-state index in [-0.39, 0.29) is 11.4 Å². The number of nitrogens with one attached hydrogen (secondary N) is 2. The van der Waals surface area contributed by atoms with Crippen LogP contribution >= 0.6 is 0 Å². The molecule has 0 radical (unpaired) electrons. The first-order chi connectivity index (χ1) is 8.08. The van der Waals surface area contributed by atoms with Gasteiger partial charge in [-0.3, -0.25) is 9.89 Å². The summed E-state index contributed by atoms with van der Waals surface area (Å²) in [4.78, 5) is 11.8. The number of hydrogen-bond donors (Lipinski definition) is 4. The molecule has 1 aromatic heterocycles. The van der Waals surface area contributed by atoms with Gasteiger partial charge in [0.15, 0.2) is 5.69 Å². The van der Waals surface area contributed by atoms with Gasteiger partial charge in [-0.2, -0.15) is 5.10 Å². The molecule has 6 heteroatoms. The lowest BCUT2D eigenvalue weighted by Crippen LogP contribution is -2.14. The van der Waals surface area contributed by atoms with Gasteiger partial charge in [-0.25, -0.2) is 0 Å². The molecular weight excluding hydrogens is 220 g/mol. The number of nitrogens with two attached hydrogens (primary N) is 1. The summed E-state index contributed by atoms with van der Waals surface area (Å²) in [7, 11) is 0. The highest BCUT2D eigenvalue weighted by Crippen LogP contribution is 2.18. The molecule has 2 rings (SSSR count). The van der Waals surface area contributed by atoms with Crippen molar-refractivity contribution in [2.45, 2.75) is 6.92 Å². The van der Waals surface area contributed by atoms with Crippen LogP contribution in [0.2, 0.25) is 0 Å². The summed E-state index contributed by atoms with van der Waals surface area (Å²) < 4.78 is 0. The molecule has 0 aliphatic rings. The molecule has 1 heterocycles. The fourth-order valence-corrected chi connectivity index (χ4v) is 1.38. The van der Waals surface area contributed by atoms with Crippen LogP contribution in [0.1, 0.15) is 16.2 Å². The Kier molecular flexibility index (Phi) is 2.70. The standard InChI is InChI=1S/C11H12N4O2/c1-6-9(12)10(15-14-6)11(17)13-7-3-2-4-8(16)5-7/h2-5,16H,12H2,1H3,(H,13,17)(H,14,15). The number of phenolic OH excluding ortho intramolecular Hbond substituents is 1. The molecule has 0 spiro atoms. The van der Waals surface area contributed by atoms with E-state index in [1.54, 1.807) is 19.1 Å². The van der Waals surface area contributed by atoms with Crippen LogP contribution in [-0.2, 0) is 0 Å². The van der Waals surface area contributed by atoms with E-state index in [0.29, 0.717) is 17.1 Å². The number of nitrogens with zero attached hydrogens (tertiary/aromatic N) is 1. The summed E-state index contributed by atoms with van der Waals surface area (Å²) >= 11 is 0. The Balaban J connectivity index is 2.20. The molecule has 88 valence electrons. The van der Waals surface area contributed by atoms with Crippen molar-refractivity contribution < 1.29 is 9.90 Å². The number of phenols is 1. The average Bonchev–Trinajstić information content (AvgIpc) is 2.60. The number of rotatable bonds is 2. The van der Waals surface area contributed by atoms with Crippen LogP contribution in [0, 0.1) is 6.92 Å². The van der Waals surface area contributed by atoms with Crippen molar-refractivity contribution in [2.75, 3.05) is 11.1 Å². The first-order valence-corrected chi connectivity index (χ1v) is 4.98. The predicted octanol–water partition coefficient (Wildman–Crippen LogP) is 1.26. The smallest absolute Gasteiger partial charge is 0.278 e. The minimum Gasteiger partial charge on any atom is -0.508 e. The van der Waals surface area contributed by atoms with E-state index in [0.717, 1.165) is 0 Å². The number of aryl methyl sites for hydroxylation is 1. The predicted molar refractivity (Wildman–Crippen MR) is 63.8 cm³/mol. The zero-order valence-electron chi connectivity index (χ0n) is 9.19. The summed E-state index contributed by atoms with van der Waals surface area (Å²) in [6.07, 6.45) is 0.